The summed E-state index contributed by atoms with van der Waals surface area (Å²) in [5.74, 6) is -0.541. The Labute approximate surface area is 164 Å². The van der Waals surface area contributed by atoms with Crippen LogP contribution in [0.2, 0.25) is 0 Å². The van der Waals surface area contributed by atoms with Crippen molar-refractivity contribution in [2.45, 2.75) is 0 Å². The third kappa shape index (κ3) is 5.17. The van der Waals surface area contributed by atoms with Crippen LogP contribution in [-0.2, 0) is 14.8 Å². The largest absolute Gasteiger partial charge is 0.495 e. The van der Waals surface area contributed by atoms with Crippen LogP contribution in [0.1, 0.15) is 0 Å². The maximum atomic E-state index is 12.4. The number of nitrogens with zero attached hydrogens (tertiary/aromatic N) is 2. The van der Waals surface area contributed by atoms with E-state index in [9.17, 15) is 23.3 Å². The number of hydrogen-bond donors (Lipinski definition) is 1. The number of ether oxygens (including phenoxy) is 1. The quantitative estimate of drug-likeness (QED) is 0.504. The van der Waals surface area contributed by atoms with Crippen LogP contribution in [0.5, 0.6) is 5.75 Å². The molecular weight excluding hydrogens is 442 g/mol. The number of non-ortho nitro benzene ring substituents is 1. The van der Waals surface area contributed by atoms with E-state index in [4.69, 9.17) is 4.74 Å². The fraction of sp³-hybridized carbons (Fsp3) is 0.188. The molecule has 0 aliphatic carbocycles. The molecule has 0 saturated heterocycles. The Balaban J connectivity index is 2.39. The van der Waals surface area contributed by atoms with E-state index in [1.165, 1.54) is 19.2 Å². The van der Waals surface area contributed by atoms with Crippen molar-refractivity contribution < 1.29 is 22.9 Å². The molecule has 9 nitrogen and oxygen atoms in total. The number of sulfonamides is 1. The van der Waals surface area contributed by atoms with Crippen LogP contribution < -0.4 is 14.4 Å². The minimum atomic E-state index is -3.93. The van der Waals surface area contributed by atoms with E-state index in [0.717, 1.165) is 16.6 Å². The van der Waals surface area contributed by atoms with Gasteiger partial charge >= 0.3 is 0 Å². The SMILES string of the molecule is COc1ccc([N+](=O)[O-])cc1N(CC(=O)Nc1ccccc1Br)S(C)(=O)=O. The first kappa shape index (κ1) is 20.6. The van der Waals surface area contributed by atoms with E-state index in [-0.39, 0.29) is 17.1 Å². The van der Waals surface area contributed by atoms with Crippen molar-refractivity contribution in [1.82, 2.24) is 0 Å². The minimum absolute atomic E-state index is 0.0831. The Morgan fingerprint density at radius 1 is 1.30 bits per heavy atom. The van der Waals surface area contributed by atoms with Gasteiger partial charge in [-0.2, -0.15) is 0 Å². The van der Waals surface area contributed by atoms with Gasteiger partial charge in [-0.3, -0.25) is 19.2 Å². The highest BCUT2D eigenvalue weighted by atomic mass is 79.9. The molecule has 2 aromatic carbocycles. The maximum Gasteiger partial charge on any atom is 0.271 e. The highest BCUT2D eigenvalue weighted by molar-refractivity contribution is 9.10. The molecule has 144 valence electrons. The lowest BCUT2D eigenvalue weighted by atomic mass is 10.2. The number of methoxy groups -OCH3 is 1. The fourth-order valence-corrected chi connectivity index (χ4v) is 3.49. The van der Waals surface area contributed by atoms with Gasteiger partial charge in [-0.05, 0) is 34.1 Å². The number of hydrogen-bond acceptors (Lipinski definition) is 6. The summed E-state index contributed by atoms with van der Waals surface area (Å²) < 4.78 is 31.0. The fourth-order valence-electron chi connectivity index (χ4n) is 2.25. The number of carbonyl (C=O) groups excluding carboxylic acids is 1. The van der Waals surface area contributed by atoms with Gasteiger partial charge in [0.15, 0.2) is 0 Å². The zero-order valence-corrected chi connectivity index (χ0v) is 16.8. The summed E-state index contributed by atoms with van der Waals surface area (Å²) in [6.07, 6.45) is 0.900. The summed E-state index contributed by atoms with van der Waals surface area (Å²) in [6.45, 7) is -0.586. The number of halogens is 1. The van der Waals surface area contributed by atoms with E-state index >= 15 is 0 Å². The van der Waals surface area contributed by atoms with E-state index in [2.05, 4.69) is 21.2 Å². The molecule has 0 aromatic heterocycles. The van der Waals surface area contributed by atoms with Gasteiger partial charge in [0.1, 0.15) is 18.0 Å². The van der Waals surface area contributed by atoms with E-state index in [0.29, 0.717) is 10.2 Å². The first-order valence-corrected chi connectivity index (χ1v) is 10.1. The zero-order valence-electron chi connectivity index (χ0n) is 14.4. The van der Waals surface area contributed by atoms with E-state index < -0.39 is 27.4 Å². The molecule has 0 saturated carbocycles. The Morgan fingerprint density at radius 2 is 1.96 bits per heavy atom. The molecule has 0 fully saturated rings. The minimum Gasteiger partial charge on any atom is -0.495 e. The molecule has 0 aliphatic rings. The maximum absolute atomic E-state index is 12.4. The molecule has 0 radical (unpaired) electrons. The molecule has 1 N–H and O–H groups in total. The van der Waals surface area contributed by atoms with Crippen molar-refractivity contribution >= 4 is 48.9 Å². The second-order valence-corrected chi connectivity index (χ2v) is 8.17. The van der Waals surface area contributed by atoms with Crippen LogP contribution in [0, 0.1) is 10.1 Å². The van der Waals surface area contributed by atoms with Gasteiger partial charge in [-0.1, -0.05) is 12.1 Å². The van der Waals surface area contributed by atoms with Crippen LogP contribution in [-0.4, -0.2) is 39.2 Å². The highest BCUT2D eigenvalue weighted by Crippen LogP contribution is 2.33. The third-order valence-electron chi connectivity index (χ3n) is 3.48. The van der Waals surface area contributed by atoms with Gasteiger partial charge in [0.05, 0.1) is 24.0 Å². The average Bonchev–Trinajstić information content (AvgIpc) is 2.60. The van der Waals surface area contributed by atoms with E-state index in [1.54, 1.807) is 24.3 Å². The Hall–Kier alpha value is -2.66. The van der Waals surface area contributed by atoms with Gasteiger partial charge < -0.3 is 10.1 Å². The van der Waals surface area contributed by atoms with Crippen molar-refractivity contribution in [3.63, 3.8) is 0 Å². The molecule has 0 spiro atoms. The number of carbonyl (C=O) groups is 1. The smallest absolute Gasteiger partial charge is 0.271 e. The number of amides is 1. The van der Waals surface area contributed by atoms with Crippen molar-refractivity contribution in [3.05, 3.63) is 57.1 Å². The summed E-state index contributed by atoms with van der Waals surface area (Å²) in [5.41, 5.74) is 0.0316. The van der Waals surface area contributed by atoms with Crippen molar-refractivity contribution in [2.75, 3.05) is 29.5 Å². The molecule has 0 bridgehead atoms. The van der Waals surface area contributed by atoms with Gasteiger partial charge in [-0.15, -0.1) is 0 Å². The Kier molecular flexibility index (Phi) is 6.39. The van der Waals surface area contributed by atoms with Crippen LogP contribution >= 0.6 is 15.9 Å². The summed E-state index contributed by atoms with van der Waals surface area (Å²) in [4.78, 5) is 22.8. The summed E-state index contributed by atoms with van der Waals surface area (Å²) in [7, 11) is -2.63. The molecule has 2 aromatic rings. The molecule has 0 atom stereocenters. The molecule has 2 rings (SSSR count). The van der Waals surface area contributed by atoms with Crippen LogP contribution in [0.4, 0.5) is 17.1 Å². The summed E-state index contributed by atoms with van der Waals surface area (Å²) >= 11 is 3.28. The average molecular weight is 458 g/mol. The predicted octanol–water partition coefficient (Wildman–Crippen LogP) is 2.77. The molecule has 27 heavy (non-hydrogen) atoms. The molecule has 11 heteroatoms. The number of anilines is 2. The first-order valence-electron chi connectivity index (χ1n) is 7.48. The molecule has 0 heterocycles. The number of para-hydroxylation sites is 1. The highest BCUT2D eigenvalue weighted by Gasteiger charge is 2.26. The number of nitrogens with one attached hydrogen (secondary N) is 1. The van der Waals surface area contributed by atoms with Gasteiger partial charge in [0.25, 0.3) is 5.69 Å². The van der Waals surface area contributed by atoms with Gasteiger partial charge in [0, 0.05) is 16.6 Å². The second kappa shape index (κ2) is 8.35. The van der Waals surface area contributed by atoms with Crippen molar-refractivity contribution in [2.24, 2.45) is 0 Å². The van der Waals surface area contributed by atoms with Crippen LogP contribution in [0.15, 0.2) is 46.9 Å². The monoisotopic (exact) mass is 457 g/mol. The lowest BCUT2D eigenvalue weighted by Gasteiger charge is -2.23. The number of benzene rings is 2. The Bertz CT molecular complexity index is 980. The lowest BCUT2D eigenvalue weighted by molar-refractivity contribution is -0.384. The number of nitro groups is 1. The first-order chi connectivity index (χ1) is 12.6. The normalized spacial score (nSPS) is 10.9. The topological polar surface area (TPSA) is 119 Å². The lowest BCUT2D eigenvalue weighted by Crippen LogP contribution is -2.37. The molecular formula is C16H16BrN3O6S. The molecule has 0 unspecified atom stereocenters. The Morgan fingerprint density at radius 3 is 2.52 bits per heavy atom. The zero-order chi connectivity index (χ0) is 20.2. The second-order valence-electron chi connectivity index (χ2n) is 5.41. The van der Waals surface area contributed by atoms with Crippen molar-refractivity contribution in [1.29, 1.82) is 0 Å². The van der Waals surface area contributed by atoms with E-state index in [1.807, 2.05) is 0 Å². The predicted molar refractivity (Wildman–Crippen MR) is 105 cm³/mol. The van der Waals surface area contributed by atoms with Gasteiger partial charge in [0.2, 0.25) is 15.9 Å². The third-order valence-corrected chi connectivity index (χ3v) is 5.30. The molecule has 0 aliphatic heterocycles. The van der Waals surface area contributed by atoms with Crippen LogP contribution in [0.3, 0.4) is 0 Å². The van der Waals surface area contributed by atoms with Crippen molar-refractivity contribution in [3.8, 4) is 5.75 Å². The molecule has 1 amide bonds. The van der Waals surface area contributed by atoms with Gasteiger partial charge in [-0.25, -0.2) is 8.42 Å². The number of rotatable bonds is 7. The summed E-state index contributed by atoms with van der Waals surface area (Å²) in [6, 6.07) is 10.3. The summed E-state index contributed by atoms with van der Waals surface area (Å²) in [5, 5.41) is 13.6. The standard InChI is InChI=1S/C16H16BrN3O6S/c1-26-15-8-7-11(20(22)23)9-14(15)19(27(2,24)25)10-16(21)18-13-6-4-3-5-12(13)17/h3-9H,10H2,1-2H3,(H,18,21). The number of nitro benzene ring substituents is 1. The van der Waals surface area contributed by atoms with Crippen LogP contribution in [0.25, 0.3) is 0 Å².